The van der Waals surface area contributed by atoms with Gasteiger partial charge in [-0.05, 0) is 76.6 Å². The lowest BCUT2D eigenvalue weighted by molar-refractivity contribution is -0.114. The van der Waals surface area contributed by atoms with Crippen LogP contribution < -0.4 is 10.2 Å². The fraction of sp³-hybridized carbons (Fsp3) is 0.235. The highest BCUT2D eigenvalue weighted by molar-refractivity contribution is 6.05. The zero-order valence-corrected chi connectivity index (χ0v) is 23.4. The lowest BCUT2D eigenvalue weighted by atomic mass is 9.84. The van der Waals surface area contributed by atoms with Crippen LogP contribution in [-0.2, 0) is 11.3 Å². The molecule has 42 heavy (non-hydrogen) atoms. The molecule has 2 amide bonds. The van der Waals surface area contributed by atoms with E-state index in [4.69, 9.17) is 11.1 Å². The second-order valence-corrected chi connectivity index (χ2v) is 10.6. The number of anilines is 1. The summed E-state index contributed by atoms with van der Waals surface area (Å²) in [6.07, 6.45) is 8.50. The molecule has 1 fully saturated rings. The molecule has 0 aliphatic heterocycles. The summed E-state index contributed by atoms with van der Waals surface area (Å²) < 4.78 is 0. The average molecular weight is 559 g/mol. The Hall–Kier alpha value is -4.98. The molecule has 0 bridgehead atoms. The predicted molar refractivity (Wildman–Crippen MR) is 164 cm³/mol. The first-order valence-electron chi connectivity index (χ1n) is 14.3. The van der Waals surface area contributed by atoms with Gasteiger partial charge in [-0.15, -0.1) is 10.2 Å². The lowest BCUT2D eigenvalue weighted by Gasteiger charge is -2.25. The number of carbonyl (C=O) groups excluding carboxylic acids is 2. The molecule has 0 heterocycles. The van der Waals surface area contributed by atoms with Crippen molar-refractivity contribution in [1.29, 1.82) is 11.1 Å². The molecule has 8 nitrogen and oxygen atoms in total. The normalized spacial score (nSPS) is 14.4. The third-order valence-electron chi connectivity index (χ3n) is 7.84. The van der Waals surface area contributed by atoms with Gasteiger partial charge in [0.1, 0.15) is 0 Å². The molecule has 3 N–H and O–H groups in total. The van der Waals surface area contributed by atoms with Crippen LogP contribution in [0.15, 0.2) is 107 Å². The molecule has 212 valence electrons. The lowest BCUT2D eigenvalue weighted by Crippen LogP contribution is -2.31. The third kappa shape index (κ3) is 6.83. The topological polar surface area (TPSA) is 122 Å². The molecule has 4 aromatic carbocycles. The maximum atomic E-state index is 13.7. The van der Waals surface area contributed by atoms with Gasteiger partial charge in [-0.1, -0.05) is 86.0 Å². The van der Waals surface area contributed by atoms with E-state index in [2.05, 4.69) is 45.9 Å². The first kappa shape index (κ1) is 28.5. The van der Waals surface area contributed by atoms with Gasteiger partial charge in [0.15, 0.2) is 0 Å². The highest BCUT2D eigenvalue weighted by Crippen LogP contribution is 2.33. The Kier molecular flexibility index (Phi) is 9.23. The maximum absolute atomic E-state index is 13.7. The minimum atomic E-state index is -1.24. The van der Waals surface area contributed by atoms with E-state index >= 15 is 0 Å². The largest absolute Gasteiger partial charge is 0.309 e. The van der Waals surface area contributed by atoms with Crippen molar-refractivity contribution in [2.24, 2.45) is 10.2 Å². The molecule has 0 saturated heterocycles. The van der Waals surface area contributed by atoms with Gasteiger partial charge in [-0.2, -0.15) is 0 Å². The molecule has 8 heteroatoms. The van der Waals surface area contributed by atoms with Crippen LogP contribution in [0.3, 0.4) is 0 Å². The van der Waals surface area contributed by atoms with Crippen LogP contribution in [0.4, 0.5) is 5.69 Å². The number of rotatable bonds is 10. The van der Waals surface area contributed by atoms with Gasteiger partial charge in [0.05, 0.1) is 6.54 Å². The van der Waals surface area contributed by atoms with Gasteiger partial charge in [0.25, 0.3) is 18.1 Å². The second-order valence-electron chi connectivity index (χ2n) is 10.6. The average Bonchev–Trinajstić information content (AvgIpc) is 3.05. The van der Waals surface area contributed by atoms with Crippen LogP contribution in [0.5, 0.6) is 0 Å². The van der Waals surface area contributed by atoms with Crippen molar-refractivity contribution in [3.05, 3.63) is 119 Å². The van der Waals surface area contributed by atoms with Crippen LogP contribution in [0.1, 0.15) is 65.1 Å². The Bertz CT molecular complexity index is 1580. The highest BCUT2D eigenvalue weighted by Gasteiger charge is 2.19. The van der Waals surface area contributed by atoms with Crippen molar-refractivity contribution in [3.63, 3.8) is 0 Å². The van der Waals surface area contributed by atoms with Crippen LogP contribution in [0.2, 0.25) is 0 Å². The van der Waals surface area contributed by atoms with E-state index < -0.39 is 12.2 Å². The monoisotopic (exact) mass is 558 g/mol. The van der Waals surface area contributed by atoms with Crippen LogP contribution in [0.25, 0.3) is 16.8 Å². The summed E-state index contributed by atoms with van der Waals surface area (Å²) in [6, 6.07) is 29.4. The summed E-state index contributed by atoms with van der Waals surface area (Å²) in [6.45, 7) is 0.316. The van der Waals surface area contributed by atoms with Crippen molar-refractivity contribution in [2.45, 2.75) is 50.9 Å². The van der Waals surface area contributed by atoms with E-state index in [-0.39, 0.29) is 5.91 Å². The van der Waals surface area contributed by atoms with E-state index in [0.29, 0.717) is 18.0 Å². The standard InChI is InChI=1S/C34H34N6O2/c35-38-34(39-36)37-33(42)29-15-13-24(14-16-29)23-40(30-20-17-26(18-21-30)25-7-2-1-3-8-25)32(41)22-19-28-11-6-10-27-9-4-5-12-31(27)28/h4-6,9-22,25,34-36H,1-3,7-8,23H2,(H,37,42). The van der Waals surface area contributed by atoms with E-state index in [0.717, 1.165) is 27.6 Å². The minimum Gasteiger partial charge on any atom is -0.309 e. The van der Waals surface area contributed by atoms with E-state index in [1.54, 1.807) is 35.2 Å². The Morgan fingerprint density at radius 1 is 0.857 bits per heavy atom. The molecule has 4 aromatic rings. The van der Waals surface area contributed by atoms with Crippen LogP contribution >= 0.6 is 0 Å². The molecule has 0 aromatic heterocycles. The smallest absolute Gasteiger partial charge is 0.254 e. The van der Waals surface area contributed by atoms with E-state index in [1.807, 2.05) is 42.5 Å². The van der Waals surface area contributed by atoms with Crippen molar-refractivity contribution in [1.82, 2.24) is 5.32 Å². The Labute approximate surface area is 245 Å². The number of fused-ring (bicyclic) bond motifs is 1. The minimum absolute atomic E-state index is 0.146. The number of benzene rings is 4. The van der Waals surface area contributed by atoms with Crippen molar-refractivity contribution in [3.8, 4) is 0 Å². The Balaban J connectivity index is 1.39. The zero-order chi connectivity index (χ0) is 29.3. The van der Waals surface area contributed by atoms with E-state index in [1.165, 1.54) is 37.7 Å². The fourth-order valence-corrected chi connectivity index (χ4v) is 5.54. The van der Waals surface area contributed by atoms with Crippen molar-refractivity contribution in [2.75, 3.05) is 4.90 Å². The molecule has 5 rings (SSSR count). The van der Waals surface area contributed by atoms with Gasteiger partial charge in [0.2, 0.25) is 0 Å². The maximum Gasteiger partial charge on any atom is 0.254 e. The summed E-state index contributed by atoms with van der Waals surface area (Å²) in [5, 5.41) is 10.8. The molecule has 0 spiro atoms. The Morgan fingerprint density at radius 2 is 1.55 bits per heavy atom. The molecule has 0 atom stereocenters. The van der Waals surface area contributed by atoms with Crippen molar-refractivity contribution < 1.29 is 9.59 Å². The number of amides is 2. The van der Waals surface area contributed by atoms with Gasteiger partial charge in [-0.25, -0.2) is 11.1 Å². The zero-order valence-electron chi connectivity index (χ0n) is 23.4. The van der Waals surface area contributed by atoms with Crippen LogP contribution in [0, 0.1) is 11.1 Å². The second kappa shape index (κ2) is 13.6. The third-order valence-corrected chi connectivity index (χ3v) is 7.84. The quantitative estimate of drug-likeness (QED) is 0.134. The SMILES string of the molecule is N=NC(N=N)NC(=O)c1ccc(CN(C(=O)C=Cc2cccc3ccccc23)c2ccc(C3CCCCC3)cc2)cc1. The molecule has 0 unspecified atom stereocenters. The fourth-order valence-electron chi connectivity index (χ4n) is 5.54. The van der Waals surface area contributed by atoms with Gasteiger partial charge < -0.3 is 10.2 Å². The highest BCUT2D eigenvalue weighted by atomic mass is 16.2. The van der Waals surface area contributed by atoms with Gasteiger partial charge in [0, 0.05) is 17.3 Å². The molecule has 0 radical (unpaired) electrons. The summed E-state index contributed by atoms with van der Waals surface area (Å²) in [5.41, 5.74) is 18.3. The molecular weight excluding hydrogens is 524 g/mol. The number of hydrogen-bond acceptors (Lipinski definition) is 6. The number of hydrogen-bond donors (Lipinski definition) is 3. The first-order chi connectivity index (χ1) is 20.6. The summed E-state index contributed by atoms with van der Waals surface area (Å²) in [5.74, 6) is -0.0536. The summed E-state index contributed by atoms with van der Waals surface area (Å²) >= 11 is 0. The van der Waals surface area contributed by atoms with E-state index in [9.17, 15) is 9.59 Å². The van der Waals surface area contributed by atoms with Crippen LogP contribution in [-0.4, -0.2) is 18.1 Å². The number of nitrogens with one attached hydrogen (secondary N) is 3. The number of nitrogens with zero attached hydrogens (tertiary/aromatic N) is 3. The molecule has 1 saturated carbocycles. The molecular formula is C34H34N6O2. The summed E-state index contributed by atoms with van der Waals surface area (Å²) in [4.78, 5) is 27.9. The molecule has 1 aliphatic carbocycles. The molecule has 1 aliphatic rings. The number of carbonyl (C=O) groups is 2. The van der Waals surface area contributed by atoms with Gasteiger partial charge in [-0.3, -0.25) is 9.59 Å². The summed E-state index contributed by atoms with van der Waals surface area (Å²) in [7, 11) is 0. The first-order valence-corrected chi connectivity index (χ1v) is 14.3. The Morgan fingerprint density at radius 3 is 2.26 bits per heavy atom. The van der Waals surface area contributed by atoms with Gasteiger partial charge >= 0.3 is 0 Å². The predicted octanol–water partition coefficient (Wildman–Crippen LogP) is 8.21. The van der Waals surface area contributed by atoms with Crippen molar-refractivity contribution >= 4 is 34.4 Å².